The summed E-state index contributed by atoms with van der Waals surface area (Å²) in [6.07, 6.45) is 3.62. The van der Waals surface area contributed by atoms with Crippen molar-refractivity contribution in [2.45, 2.75) is 19.7 Å². The highest BCUT2D eigenvalue weighted by Crippen LogP contribution is 2.30. The fourth-order valence-corrected chi connectivity index (χ4v) is 3.05. The maximum Gasteiger partial charge on any atom is 0.161 e. The minimum absolute atomic E-state index is 0.338. The average molecular weight is 403 g/mol. The lowest BCUT2D eigenvalue weighted by atomic mass is 10.2. The van der Waals surface area contributed by atoms with Gasteiger partial charge >= 0.3 is 0 Å². The lowest BCUT2D eigenvalue weighted by Crippen LogP contribution is -2.12. The van der Waals surface area contributed by atoms with Crippen molar-refractivity contribution >= 4 is 23.2 Å². The van der Waals surface area contributed by atoms with Gasteiger partial charge in [-0.3, -0.25) is 4.98 Å². The summed E-state index contributed by atoms with van der Waals surface area (Å²) < 4.78 is 11.4. The van der Waals surface area contributed by atoms with Crippen LogP contribution >= 0.6 is 23.2 Å². The minimum atomic E-state index is 0.338. The normalized spacial score (nSPS) is 10.6. The molecule has 0 unspecified atom stereocenters. The van der Waals surface area contributed by atoms with Gasteiger partial charge in [-0.2, -0.15) is 0 Å². The molecule has 0 fully saturated rings. The van der Waals surface area contributed by atoms with E-state index in [0.717, 1.165) is 23.2 Å². The van der Waals surface area contributed by atoms with E-state index in [-0.39, 0.29) is 0 Å². The van der Waals surface area contributed by atoms with Crippen LogP contribution in [0.1, 0.15) is 16.7 Å². The van der Waals surface area contributed by atoms with E-state index in [1.807, 2.05) is 42.6 Å². The van der Waals surface area contributed by atoms with E-state index in [1.54, 1.807) is 25.4 Å². The van der Waals surface area contributed by atoms with Gasteiger partial charge in [-0.15, -0.1) is 0 Å². The molecule has 0 saturated heterocycles. The molecule has 0 aliphatic carbocycles. The lowest BCUT2D eigenvalue weighted by molar-refractivity contribution is 0.284. The first-order chi connectivity index (χ1) is 13.2. The third-order valence-corrected chi connectivity index (χ3v) is 4.59. The Hall–Kier alpha value is -2.27. The Bertz CT molecular complexity index is 889. The number of hydrogen-bond donors (Lipinski definition) is 1. The Morgan fingerprint density at radius 3 is 2.56 bits per heavy atom. The van der Waals surface area contributed by atoms with Crippen LogP contribution in [-0.4, -0.2) is 12.1 Å². The summed E-state index contributed by atoms with van der Waals surface area (Å²) in [7, 11) is 1.63. The van der Waals surface area contributed by atoms with Gasteiger partial charge < -0.3 is 14.8 Å². The molecule has 0 spiro atoms. The van der Waals surface area contributed by atoms with Gasteiger partial charge in [0.25, 0.3) is 0 Å². The highest BCUT2D eigenvalue weighted by Gasteiger charge is 2.08. The third-order valence-electron chi connectivity index (χ3n) is 4.01. The number of methoxy groups -OCH3 is 1. The second-order valence-electron chi connectivity index (χ2n) is 5.97. The first kappa shape index (κ1) is 19.5. The Balaban J connectivity index is 1.60. The largest absolute Gasteiger partial charge is 0.493 e. The summed E-state index contributed by atoms with van der Waals surface area (Å²) in [5.74, 6) is 1.35. The van der Waals surface area contributed by atoms with E-state index in [4.69, 9.17) is 32.7 Å². The van der Waals surface area contributed by atoms with Gasteiger partial charge in [0.1, 0.15) is 6.61 Å². The number of aromatic nitrogens is 1. The highest BCUT2D eigenvalue weighted by molar-refractivity contribution is 6.35. The van der Waals surface area contributed by atoms with Crippen LogP contribution in [0.2, 0.25) is 10.0 Å². The number of nitrogens with zero attached hydrogens (tertiary/aromatic N) is 1. The van der Waals surface area contributed by atoms with Gasteiger partial charge in [0.15, 0.2) is 11.5 Å². The number of benzene rings is 2. The van der Waals surface area contributed by atoms with Gasteiger partial charge in [0.05, 0.1) is 7.11 Å². The molecule has 4 nitrogen and oxygen atoms in total. The number of hydrogen-bond acceptors (Lipinski definition) is 4. The Morgan fingerprint density at radius 1 is 0.963 bits per heavy atom. The molecule has 0 aliphatic rings. The smallest absolute Gasteiger partial charge is 0.161 e. The van der Waals surface area contributed by atoms with Gasteiger partial charge in [0, 0.05) is 41.1 Å². The van der Waals surface area contributed by atoms with Gasteiger partial charge in [0.2, 0.25) is 0 Å². The van der Waals surface area contributed by atoms with Crippen molar-refractivity contribution in [3.8, 4) is 11.5 Å². The molecule has 3 aromatic rings. The van der Waals surface area contributed by atoms with Crippen LogP contribution in [0.15, 0.2) is 60.9 Å². The van der Waals surface area contributed by atoms with E-state index in [9.17, 15) is 0 Å². The van der Waals surface area contributed by atoms with Crippen LogP contribution in [0.3, 0.4) is 0 Å². The van der Waals surface area contributed by atoms with E-state index in [0.29, 0.717) is 34.7 Å². The molecule has 0 amide bonds. The van der Waals surface area contributed by atoms with Gasteiger partial charge in [-0.25, -0.2) is 0 Å². The molecule has 0 radical (unpaired) electrons. The zero-order valence-corrected chi connectivity index (χ0v) is 16.4. The summed E-state index contributed by atoms with van der Waals surface area (Å²) in [5.41, 5.74) is 3.11. The molecule has 3 rings (SSSR count). The lowest BCUT2D eigenvalue weighted by Gasteiger charge is -2.13. The van der Waals surface area contributed by atoms with Crippen LogP contribution < -0.4 is 14.8 Å². The van der Waals surface area contributed by atoms with Crippen molar-refractivity contribution in [2.75, 3.05) is 7.11 Å². The molecule has 0 aliphatic heterocycles. The van der Waals surface area contributed by atoms with Crippen molar-refractivity contribution in [3.05, 3.63) is 87.7 Å². The van der Waals surface area contributed by atoms with Crippen LogP contribution in [-0.2, 0) is 19.7 Å². The van der Waals surface area contributed by atoms with Crippen molar-refractivity contribution in [2.24, 2.45) is 0 Å². The van der Waals surface area contributed by atoms with Crippen molar-refractivity contribution in [1.82, 2.24) is 10.3 Å². The fraction of sp³-hybridized carbons (Fsp3) is 0.190. The average Bonchev–Trinajstić information content (AvgIpc) is 2.68. The van der Waals surface area contributed by atoms with E-state index in [1.165, 1.54) is 0 Å². The van der Waals surface area contributed by atoms with Gasteiger partial charge in [-0.05, 0) is 41.5 Å². The summed E-state index contributed by atoms with van der Waals surface area (Å²) in [5, 5.41) is 4.58. The molecule has 6 heteroatoms. The number of rotatable bonds is 8. The van der Waals surface area contributed by atoms with Crippen molar-refractivity contribution in [1.29, 1.82) is 0 Å². The zero-order valence-electron chi connectivity index (χ0n) is 14.9. The number of nitrogens with one attached hydrogen (secondary N) is 1. The summed E-state index contributed by atoms with van der Waals surface area (Å²) in [6, 6.07) is 15.2. The molecule has 1 heterocycles. The number of pyridine rings is 1. The second-order valence-corrected chi connectivity index (χ2v) is 6.82. The first-order valence-electron chi connectivity index (χ1n) is 8.49. The quantitative estimate of drug-likeness (QED) is 0.557. The second kappa shape index (κ2) is 9.60. The van der Waals surface area contributed by atoms with Gasteiger partial charge in [-0.1, -0.05) is 41.4 Å². The molecule has 27 heavy (non-hydrogen) atoms. The molecular formula is C21H20Cl2N2O2. The predicted octanol–water partition coefficient (Wildman–Crippen LogP) is 5.27. The zero-order chi connectivity index (χ0) is 19.1. The SMILES string of the molecule is COc1cc(CNCc2cccnc2)ccc1OCc1ccc(Cl)cc1Cl. The van der Waals surface area contributed by atoms with E-state index >= 15 is 0 Å². The van der Waals surface area contributed by atoms with Crippen LogP contribution in [0, 0.1) is 0 Å². The third kappa shape index (κ3) is 5.60. The molecular weight excluding hydrogens is 383 g/mol. The van der Waals surface area contributed by atoms with E-state index < -0.39 is 0 Å². The Morgan fingerprint density at radius 2 is 1.81 bits per heavy atom. The summed E-state index contributed by atoms with van der Waals surface area (Å²) in [6.45, 7) is 1.81. The van der Waals surface area contributed by atoms with Crippen LogP contribution in [0.5, 0.6) is 11.5 Å². The molecule has 1 N–H and O–H groups in total. The predicted molar refractivity (Wildman–Crippen MR) is 109 cm³/mol. The Kier molecular flexibility index (Phi) is 6.93. The van der Waals surface area contributed by atoms with Crippen LogP contribution in [0.4, 0.5) is 0 Å². The minimum Gasteiger partial charge on any atom is -0.493 e. The fourth-order valence-electron chi connectivity index (χ4n) is 2.59. The molecule has 140 valence electrons. The van der Waals surface area contributed by atoms with Crippen molar-refractivity contribution < 1.29 is 9.47 Å². The highest BCUT2D eigenvalue weighted by atomic mass is 35.5. The summed E-state index contributed by atoms with van der Waals surface area (Å²) >= 11 is 12.1. The molecule has 1 aromatic heterocycles. The molecule has 0 saturated carbocycles. The topological polar surface area (TPSA) is 43.4 Å². The standard InChI is InChI=1S/C21H20Cl2N2O2/c1-26-21-9-15(11-25-13-16-3-2-8-24-12-16)4-7-20(21)27-14-17-5-6-18(22)10-19(17)23/h2-10,12,25H,11,13-14H2,1H3. The van der Waals surface area contributed by atoms with Crippen LogP contribution in [0.25, 0.3) is 0 Å². The number of ether oxygens (including phenoxy) is 2. The van der Waals surface area contributed by atoms with E-state index in [2.05, 4.69) is 10.3 Å². The molecule has 0 atom stereocenters. The first-order valence-corrected chi connectivity index (χ1v) is 9.24. The Labute approximate surface area is 169 Å². The van der Waals surface area contributed by atoms with Crippen molar-refractivity contribution in [3.63, 3.8) is 0 Å². The monoisotopic (exact) mass is 402 g/mol. The maximum absolute atomic E-state index is 6.19. The maximum atomic E-state index is 6.19. The number of halogens is 2. The molecule has 2 aromatic carbocycles. The molecule has 0 bridgehead atoms. The summed E-state index contributed by atoms with van der Waals surface area (Å²) in [4.78, 5) is 4.11.